The first-order valence-electron chi connectivity index (χ1n) is 6.39. The molecule has 1 aliphatic carbocycles. The summed E-state index contributed by atoms with van der Waals surface area (Å²) in [6, 6.07) is 0.146. The standard InChI is InChI=1S/C13H22N4/c1-3-10-4-5-12(14)13(8-10)16-11-6-7-15-17(2)9-11/h6-7,9-10,12,15H,3-5,8,14H2,1-2H3. The smallest absolute Gasteiger partial charge is 0.0822 e. The van der Waals surface area contributed by atoms with E-state index in [0.29, 0.717) is 0 Å². The molecule has 2 rings (SSSR count). The van der Waals surface area contributed by atoms with Crippen LogP contribution in [0.25, 0.3) is 0 Å². The van der Waals surface area contributed by atoms with Gasteiger partial charge in [0.2, 0.25) is 0 Å². The molecular weight excluding hydrogens is 212 g/mol. The molecule has 17 heavy (non-hydrogen) atoms. The Labute approximate surface area is 103 Å². The van der Waals surface area contributed by atoms with E-state index in [0.717, 1.165) is 30.2 Å². The third-order valence-electron chi connectivity index (χ3n) is 3.52. The molecule has 0 aromatic heterocycles. The van der Waals surface area contributed by atoms with E-state index in [1.807, 2.05) is 30.5 Å². The topological polar surface area (TPSA) is 53.6 Å². The fourth-order valence-corrected chi connectivity index (χ4v) is 2.36. The molecule has 1 aliphatic heterocycles. The van der Waals surface area contributed by atoms with E-state index >= 15 is 0 Å². The van der Waals surface area contributed by atoms with Gasteiger partial charge >= 0.3 is 0 Å². The summed E-state index contributed by atoms with van der Waals surface area (Å²) in [5, 5.41) is 1.89. The molecule has 94 valence electrons. The van der Waals surface area contributed by atoms with Crippen molar-refractivity contribution in [1.29, 1.82) is 0 Å². The summed E-state index contributed by atoms with van der Waals surface area (Å²) in [6.07, 6.45) is 10.5. The molecule has 3 N–H and O–H groups in total. The molecule has 0 saturated heterocycles. The Morgan fingerprint density at radius 2 is 2.35 bits per heavy atom. The van der Waals surface area contributed by atoms with Gasteiger partial charge < -0.3 is 11.2 Å². The minimum absolute atomic E-state index is 0.146. The van der Waals surface area contributed by atoms with E-state index < -0.39 is 0 Å². The highest BCUT2D eigenvalue weighted by atomic mass is 15.5. The molecule has 4 nitrogen and oxygen atoms in total. The summed E-state index contributed by atoms with van der Waals surface area (Å²) in [7, 11) is 1.96. The van der Waals surface area contributed by atoms with E-state index in [9.17, 15) is 0 Å². The van der Waals surface area contributed by atoms with Gasteiger partial charge in [0.25, 0.3) is 0 Å². The Balaban J connectivity index is 2.11. The van der Waals surface area contributed by atoms with Crippen LogP contribution >= 0.6 is 0 Å². The number of hydrazine groups is 1. The summed E-state index contributed by atoms with van der Waals surface area (Å²) in [5.41, 5.74) is 11.3. The third kappa shape index (κ3) is 3.09. The second-order valence-electron chi connectivity index (χ2n) is 4.89. The molecule has 1 saturated carbocycles. The Hall–Kier alpha value is -1.29. The molecule has 0 amide bonds. The van der Waals surface area contributed by atoms with Crippen molar-refractivity contribution in [2.45, 2.75) is 38.6 Å². The number of aliphatic imine (C=N–C) groups is 1. The second kappa shape index (κ2) is 5.36. The van der Waals surface area contributed by atoms with E-state index in [1.54, 1.807) is 0 Å². The molecule has 2 aliphatic rings. The van der Waals surface area contributed by atoms with E-state index in [4.69, 9.17) is 10.7 Å². The summed E-state index contributed by atoms with van der Waals surface area (Å²) in [6.45, 7) is 2.25. The van der Waals surface area contributed by atoms with E-state index in [2.05, 4.69) is 12.3 Å². The van der Waals surface area contributed by atoms with Crippen LogP contribution in [0.2, 0.25) is 0 Å². The van der Waals surface area contributed by atoms with Gasteiger partial charge in [-0.25, -0.2) is 0 Å². The Kier molecular flexibility index (Phi) is 3.84. The number of hydrogen-bond acceptors (Lipinski definition) is 4. The van der Waals surface area contributed by atoms with Crippen molar-refractivity contribution >= 4 is 5.71 Å². The van der Waals surface area contributed by atoms with Gasteiger partial charge in [-0.05, 0) is 31.3 Å². The third-order valence-corrected chi connectivity index (χ3v) is 3.52. The predicted octanol–water partition coefficient (Wildman–Crippen LogP) is 1.77. The van der Waals surface area contributed by atoms with Gasteiger partial charge in [-0.2, -0.15) is 0 Å². The maximum absolute atomic E-state index is 6.14. The van der Waals surface area contributed by atoms with Crippen LogP contribution in [0.1, 0.15) is 32.6 Å². The van der Waals surface area contributed by atoms with Crippen molar-refractivity contribution < 1.29 is 0 Å². The van der Waals surface area contributed by atoms with Crippen molar-refractivity contribution in [1.82, 2.24) is 10.4 Å². The fourth-order valence-electron chi connectivity index (χ4n) is 2.36. The average Bonchev–Trinajstić information content (AvgIpc) is 2.32. The Morgan fingerprint density at radius 3 is 3.06 bits per heavy atom. The highest BCUT2D eigenvalue weighted by Gasteiger charge is 2.23. The van der Waals surface area contributed by atoms with Crippen LogP contribution in [0.4, 0.5) is 0 Å². The number of allylic oxidation sites excluding steroid dienone is 1. The molecule has 0 radical (unpaired) electrons. The molecular formula is C13H22N4. The van der Waals surface area contributed by atoms with Crippen molar-refractivity contribution in [3.63, 3.8) is 0 Å². The summed E-state index contributed by atoms with van der Waals surface area (Å²) < 4.78 is 0. The summed E-state index contributed by atoms with van der Waals surface area (Å²) >= 11 is 0. The van der Waals surface area contributed by atoms with Crippen LogP contribution in [0.5, 0.6) is 0 Å². The molecule has 2 unspecified atom stereocenters. The van der Waals surface area contributed by atoms with Crippen LogP contribution in [-0.2, 0) is 0 Å². The first kappa shape index (κ1) is 12.2. The molecule has 0 bridgehead atoms. The van der Waals surface area contributed by atoms with Gasteiger partial charge in [0.05, 0.1) is 5.70 Å². The van der Waals surface area contributed by atoms with Gasteiger partial charge in [0.15, 0.2) is 0 Å². The largest absolute Gasteiger partial charge is 0.323 e. The zero-order chi connectivity index (χ0) is 12.3. The lowest BCUT2D eigenvalue weighted by Crippen LogP contribution is -2.36. The highest BCUT2D eigenvalue weighted by Crippen LogP contribution is 2.25. The molecule has 0 spiro atoms. The second-order valence-corrected chi connectivity index (χ2v) is 4.89. The molecule has 0 aromatic rings. The lowest BCUT2D eigenvalue weighted by molar-refractivity contribution is 0.378. The van der Waals surface area contributed by atoms with Gasteiger partial charge in [0, 0.05) is 31.2 Å². The Morgan fingerprint density at radius 1 is 1.53 bits per heavy atom. The number of nitrogens with zero attached hydrogens (tertiary/aromatic N) is 2. The SMILES string of the molecule is CCC1CCC(N)C(=NC2=CN(C)NC=C2)C1. The van der Waals surface area contributed by atoms with Crippen LogP contribution in [0.15, 0.2) is 29.2 Å². The van der Waals surface area contributed by atoms with E-state index in [1.165, 1.54) is 12.8 Å². The number of rotatable bonds is 2. The molecule has 4 heteroatoms. The van der Waals surface area contributed by atoms with Crippen LogP contribution < -0.4 is 11.2 Å². The maximum atomic E-state index is 6.14. The van der Waals surface area contributed by atoms with Crippen LogP contribution in [0.3, 0.4) is 0 Å². The average molecular weight is 234 g/mol. The van der Waals surface area contributed by atoms with Crippen molar-refractivity contribution in [2.24, 2.45) is 16.6 Å². The minimum Gasteiger partial charge on any atom is -0.323 e. The first-order chi connectivity index (χ1) is 8.19. The van der Waals surface area contributed by atoms with Crippen molar-refractivity contribution in [2.75, 3.05) is 7.05 Å². The highest BCUT2D eigenvalue weighted by molar-refractivity contribution is 5.91. The predicted molar refractivity (Wildman–Crippen MR) is 71.2 cm³/mol. The van der Waals surface area contributed by atoms with Gasteiger partial charge in [-0.3, -0.25) is 10.0 Å². The zero-order valence-corrected chi connectivity index (χ0v) is 10.7. The quantitative estimate of drug-likeness (QED) is 0.765. The van der Waals surface area contributed by atoms with Gasteiger partial charge in [0.1, 0.15) is 0 Å². The van der Waals surface area contributed by atoms with Gasteiger partial charge in [-0.15, -0.1) is 0 Å². The maximum Gasteiger partial charge on any atom is 0.0822 e. The fraction of sp³-hybridized carbons (Fsp3) is 0.615. The monoisotopic (exact) mass is 234 g/mol. The zero-order valence-electron chi connectivity index (χ0n) is 10.7. The van der Waals surface area contributed by atoms with Crippen molar-refractivity contribution in [3.8, 4) is 0 Å². The number of hydrogen-bond donors (Lipinski definition) is 2. The van der Waals surface area contributed by atoms with E-state index in [-0.39, 0.29) is 6.04 Å². The lowest BCUT2D eigenvalue weighted by Gasteiger charge is -2.27. The lowest BCUT2D eigenvalue weighted by atomic mass is 9.83. The minimum atomic E-state index is 0.146. The Bertz CT molecular complexity index is 356. The van der Waals surface area contributed by atoms with Gasteiger partial charge in [-0.1, -0.05) is 13.3 Å². The normalized spacial score (nSPS) is 31.4. The molecule has 0 aromatic carbocycles. The van der Waals surface area contributed by atoms with Crippen molar-refractivity contribution in [3.05, 3.63) is 24.2 Å². The molecule has 1 heterocycles. The molecule has 1 fully saturated rings. The summed E-state index contributed by atoms with van der Waals surface area (Å²) in [5.74, 6) is 0.762. The first-order valence-corrected chi connectivity index (χ1v) is 6.39. The van der Waals surface area contributed by atoms with Crippen LogP contribution in [-0.4, -0.2) is 23.8 Å². The number of nitrogens with one attached hydrogen (secondary N) is 1. The summed E-state index contributed by atoms with van der Waals surface area (Å²) in [4.78, 5) is 4.71. The van der Waals surface area contributed by atoms with Crippen LogP contribution in [0, 0.1) is 5.92 Å². The number of nitrogens with two attached hydrogens (primary N) is 1. The molecule has 2 atom stereocenters.